The molecule has 0 aliphatic carbocycles. The summed E-state index contributed by atoms with van der Waals surface area (Å²) in [5.74, 6) is 0.884. The Kier molecular flexibility index (Phi) is 10.2. The first-order chi connectivity index (χ1) is 11.8. The molecule has 0 atom stereocenters. The Hall–Kier alpha value is -0.500. The molecule has 25 heavy (non-hydrogen) atoms. The summed E-state index contributed by atoms with van der Waals surface area (Å²) in [7, 11) is 1.59. The van der Waals surface area contributed by atoms with Crippen LogP contribution < -0.4 is 4.74 Å². The highest BCUT2D eigenvalue weighted by Gasteiger charge is 2.09. The number of hydrogen-bond donors (Lipinski definition) is 0. The maximum atomic E-state index is 11.3. The lowest BCUT2D eigenvalue weighted by Gasteiger charge is -2.03. The monoisotopic (exact) mass is 596 g/mol. The van der Waals surface area contributed by atoms with Gasteiger partial charge in [0.25, 0.3) is 0 Å². The standard InChI is InChI=1S/C9H8Br2O2.C9H8Br2O/c1-13-6-2-3-7(8(11)4-6)9(12)5-10;1-6-2-3-7(8(11)4-6)9(12)5-10/h2-4H,5H2,1H3;2-4H,5H2,1H3. The molecule has 134 valence electrons. The third-order valence-corrected chi connectivity index (χ3v) is 5.48. The minimum absolute atomic E-state index is 0.0505. The van der Waals surface area contributed by atoms with Gasteiger partial charge < -0.3 is 4.74 Å². The predicted octanol–water partition coefficient (Wildman–Crippen LogP) is 6.37. The van der Waals surface area contributed by atoms with Crippen molar-refractivity contribution in [2.24, 2.45) is 0 Å². The molecule has 0 saturated carbocycles. The summed E-state index contributed by atoms with van der Waals surface area (Å²) in [6.07, 6.45) is 0. The van der Waals surface area contributed by atoms with Gasteiger partial charge in [-0.2, -0.15) is 0 Å². The minimum Gasteiger partial charge on any atom is -0.497 e. The molecule has 0 saturated heterocycles. The van der Waals surface area contributed by atoms with Crippen LogP contribution in [-0.2, 0) is 0 Å². The highest BCUT2D eigenvalue weighted by Crippen LogP contribution is 2.23. The fraction of sp³-hybridized carbons (Fsp3) is 0.222. The molecule has 0 amide bonds. The summed E-state index contributed by atoms with van der Waals surface area (Å²) in [5, 5.41) is 0.701. The molecule has 2 aromatic carbocycles. The molecule has 0 aromatic heterocycles. The largest absolute Gasteiger partial charge is 0.497 e. The fourth-order valence-electron chi connectivity index (χ4n) is 1.84. The van der Waals surface area contributed by atoms with E-state index in [-0.39, 0.29) is 11.6 Å². The number of Topliss-reactive ketones (excluding diaryl/α,β-unsaturated/α-hetero) is 2. The van der Waals surface area contributed by atoms with Gasteiger partial charge in [-0.05, 0) is 58.7 Å². The SMILES string of the molecule is COc1ccc(C(=O)CBr)c(Br)c1.Cc1ccc(C(=O)CBr)c(Br)c1. The first kappa shape index (κ1) is 22.5. The van der Waals surface area contributed by atoms with Crippen molar-refractivity contribution < 1.29 is 14.3 Å². The molecule has 2 aromatic rings. The van der Waals surface area contributed by atoms with Gasteiger partial charge in [0.1, 0.15) is 5.75 Å². The highest BCUT2D eigenvalue weighted by atomic mass is 79.9. The van der Waals surface area contributed by atoms with E-state index in [0.717, 1.165) is 25.8 Å². The van der Waals surface area contributed by atoms with Crippen LogP contribution in [-0.4, -0.2) is 29.3 Å². The third kappa shape index (κ3) is 6.96. The zero-order valence-corrected chi connectivity index (χ0v) is 20.0. The smallest absolute Gasteiger partial charge is 0.174 e. The number of halogens is 4. The van der Waals surface area contributed by atoms with Crippen molar-refractivity contribution in [3.8, 4) is 5.75 Å². The molecule has 0 spiro atoms. The molecule has 7 heteroatoms. The lowest BCUT2D eigenvalue weighted by molar-refractivity contribution is 0.101. The first-order valence-electron chi connectivity index (χ1n) is 7.12. The molecule has 0 bridgehead atoms. The van der Waals surface area contributed by atoms with Crippen LogP contribution in [0.4, 0.5) is 0 Å². The normalized spacial score (nSPS) is 9.84. The van der Waals surface area contributed by atoms with Gasteiger partial charge in [0.15, 0.2) is 11.6 Å². The van der Waals surface area contributed by atoms with Gasteiger partial charge in [0.05, 0.1) is 17.8 Å². The van der Waals surface area contributed by atoms with Crippen LogP contribution in [0.3, 0.4) is 0 Å². The van der Waals surface area contributed by atoms with Crippen molar-refractivity contribution in [1.82, 2.24) is 0 Å². The van der Waals surface area contributed by atoms with Gasteiger partial charge in [-0.1, -0.05) is 53.9 Å². The number of carbonyl (C=O) groups excluding carboxylic acids is 2. The van der Waals surface area contributed by atoms with Gasteiger partial charge in [-0.3, -0.25) is 9.59 Å². The van der Waals surface area contributed by atoms with Crippen molar-refractivity contribution in [3.63, 3.8) is 0 Å². The van der Waals surface area contributed by atoms with E-state index in [1.807, 2.05) is 25.1 Å². The van der Waals surface area contributed by atoms with Crippen LogP contribution in [0.25, 0.3) is 0 Å². The van der Waals surface area contributed by atoms with Crippen LogP contribution in [0.15, 0.2) is 45.3 Å². The number of alkyl halides is 2. The van der Waals surface area contributed by atoms with Crippen molar-refractivity contribution in [2.45, 2.75) is 6.92 Å². The Morgan fingerprint density at radius 3 is 1.76 bits per heavy atom. The molecular formula is C18H16Br4O3. The Morgan fingerprint density at radius 1 is 0.880 bits per heavy atom. The van der Waals surface area contributed by atoms with Crippen molar-refractivity contribution in [2.75, 3.05) is 17.8 Å². The Balaban J connectivity index is 0.000000251. The second kappa shape index (κ2) is 11.3. The summed E-state index contributed by atoms with van der Waals surface area (Å²) in [4.78, 5) is 22.6. The fourth-order valence-corrected chi connectivity index (χ4v) is 3.74. The van der Waals surface area contributed by atoms with Crippen molar-refractivity contribution in [3.05, 3.63) is 62.0 Å². The number of aryl methyl sites for hydroxylation is 1. The van der Waals surface area contributed by atoms with E-state index in [2.05, 4.69) is 63.7 Å². The van der Waals surface area contributed by atoms with E-state index >= 15 is 0 Å². The van der Waals surface area contributed by atoms with Crippen LogP contribution in [0, 0.1) is 6.92 Å². The lowest BCUT2D eigenvalue weighted by Crippen LogP contribution is -2.00. The van der Waals surface area contributed by atoms with E-state index < -0.39 is 0 Å². The molecule has 0 fully saturated rings. The second-order valence-corrected chi connectivity index (χ2v) is 7.77. The zero-order chi connectivity index (χ0) is 19.0. The molecule has 0 radical (unpaired) electrons. The number of rotatable bonds is 5. The molecular weight excluding hydrogens is 584 g/mol. The van der Waals surface area contributed by atoms with Crippen LogP contribution in [0.2, 0.25) is 0 Å². The third-order valence-electron chi connectivity index (χ3n) is 3.14. The predicted molar refractivity (Wildman–Crippen MR) is 116 cm³/mol. The number of benzene rings is 2. The molecule has 0 aliphatic rings. The second-order valence-electron chi connectivity index (χ2n) is 4.94. The van der Waals surface area contributed by atoms with E-state index in [1.54, 1.807) is 25.3 Å². The summed E-state index contributed by atoms with van der Waals surface area (Å²) in [6.45, 7) is 1.99. The van der Waals surface area contributed by atoms with E-state index in [1.165, 1.54) is 0 Å². The molecule has 2 rings (SSSR count). The number of ketones is 2. The summed E-state index contributed by atoms with van der Waals surface area (Å²) < 4.78 is 6.64. The summed E-state index contributed by atoms with van der Waals surface area (Å²) in [6, 6.07) is 11.0. The summed E-state index contributed by atoms with van der Waals surface area (Å²) >= 11 is 12.9. The number of hydrogen-bond acceptors (Lipinski definition) is 3. The molecule has 3 nitrogen and oxygen atoms in total. The van der Waals surface area contributed by atoms with E-state index in [9.17, 15) is 9.59 Å². The van der Waals surface area contributed by atoms with Crippen molar-refractivity contribution >= 4 is 75.3 Å². The van der Waals surface area contributed by atoms with Crippen LogP contribution in [0.1, 0.15) is 26.3 Å². The maximum absolute atomic E-state index is 11.3. The Morgan fingerprint density at radius 2 is 1.36 bits per heavy atom. The van der Waals surface area contributed by atoms with Gasteiger partial charge in [-0.15, -0.1) is 0 Å². The van der Waals surface area contributed by atoms with Crippen LogP contribution in [0.5, 0.6) is 5.75 Å². The molecule has 0 heterocycles. The zero-order valence-electron chi connectivity index (χ0n) is 13.6. The molecule has 0 N–H and O–H groups in total. The summed E-state index contributed by atoms with van der Waals surface area (Å²) in [5.41, 5.74) is 2.54. The van der Waals surface area contributed by atoms with Gasteiger partial charge in [0, 0.05) is 20.1 Å². The van der Waals surface area contributed by atoms with E-state index in [0.29, 0.717) is 16.2 Å². The lowest BCUT2D eigenvalue weighted by atomic mass is 10.1. The highest BCUT2D eigenvalue weighted by molar-refractivity contribution is 9.11. The van der Waals surface area contributed by atoms with Gasteiger partial charge in [0.2, 0.25) is 0 Å². The van der Waals surface area contributed by atoms with Gasteiger partial charge in [-0.25, -0.2) is 0 Å². The number of ether oxygens (including phenoxy) is 1. The first-order valence-corrected chi connectivity index (χ1v) is 10.9. The Bertz CT molecular complexity index is 760. The average Bonchev–Trinajstić information content (AvgIpc) is 2.60. The van der Waals surface area contributed by atoms with Crippen LogP contribution >= 0.6 is 63.7 Å². The topological polar surface area (TPSA) is 43.4 Å². The Labute approximate surface area is 181 Å². The molecule has 0 unspecified atom stereocenters. The van der Waals surface area contributed by atoms with Crippen molar-refractivity contribution in [1.29, 1.82) is 0 Å². The average molecular weight is 600 g/mol. The van der Waals surface area contributed by atoms with E-state index in [4.69, 9.17) is 4.74 Å². The van der Waals surface area contributed by atoms with Gasteiger partial charge >= 0.3 is 0 Å². The maximum Gasteiger partial charge on any atom is 0.174 e. The quantitative estimate of drug-likeness (QED) is 0.296. The number of carbonyl (C=O) groups is 2. The number of methoxy groups -OCH3 is 1. The minimum atomic E-state index is 0.0505. The molecule has 0 aliphatic heterocycles.